The van der Waals surface area contributed by atoms with Crippen molar-refractivity contribution in [1.29, 1.82) is 0 Å². The number of halogens is 1. The molecule has 0 fully saturated rings. The summed E-state index contributed by atoms with van der Waals surface area (Å²) in [6.45, 7) is 1.91. The zero-order chi connectivity index (χ0) is 16.0. The summed E-state index contributed by atoms with van der Waals surface area (Å²) in [5, 5.41) is 3.26. The summed E-state index contributed by atoms with van der Waals surface area (Å²) in [7, 11) is 3.78. The van der Waals surface area contributed by atoms with E-state index in [1.165, 1.54) is 4.31 Å². The first-order chi connectivity index (χ1) is 9.78. The maximum Gasteiger partial charge on any atom is 0.244 e. The highest BCUT2D eigenvalue weighted by atomic mass is 35.5. The van der Waals surface area contributed by atoms with E-state index in [0.29, 0.717) is 13.1 Å². The summed E-state index contributed by atoms with van der Waals surface area (Å²) >= 11 is 6.07. The Hall–Kier alpha value is -0.660. The average molecular weight is 334 g/mol. The maximum atomic E-state index is 12.6. The van der Waals surface area contributed by atoms with Crippen molar-refractivity contribution >= 4 is 21.6 Å². The second kappa shape index (κ2) is 8.10. The lowest BCUT2D eigenvalue weighted by molar-refractivity contribution is 0.370. The standard InChI is InChI=1S/C14H24ClN3O2S/c1-16-11-12-6-7-13(15)14(10-12)21(19,20)18(4)9-5-8-17(2)3/h6-7,10,16H,5,8-9,11H2,1-4H3. The van der Waals surface area contributed by atoms with Crippen LogP contribution in [0, 0.1) is 0 Å². The van der Waals surface area contributed by atoms with E-state index in [2.05, 4.69) is 5.32 Å². The van der Waals surface area contributed by atoms with E-state index < -0.39 is 10.0 Å². The zero-order valence-electron chi connectivity index (χ0n) is 13.1. The van der Waals surface area contributed by atoms with Crippen LogP contribution < -0.4 is 5.32 Å². The van der Waals surface area contributed by atoms with Crippen LogP contribution in [0.5, 0.6) is 0 Å². The minimum Gasteiger partial charge on any atom is -0.316 e. The number of hydrogen-bond donors (Lipinski definition) is 1. The van der Waals surface area contributed by atoms with E-state index >= 15 is 0 Å². The van der Waals surface area contributed by atoms with Crippen LogP contribution in [-0.4, -0.2) is 58.9 Å². The van der Waals surface area contributed by atoms with Gasteiger partial charge in [-0.15, -0.1) is 0 Å². The van der Waals surface area contributed by atoms with Crippen molar-refractivity contribution in [3.05, 3.63) is 28.8 Å². The molecule has 7 heteroatoms. The van der Waals surface area contributed by atoms with Gasteiger partial charge in [0, 0.05) is 20.1 Å². The van der Waals surface area contributed by atoms with Crippen molar-refractivity contribution in [3.63, 3.8) is 0 Å². The van der Waals surface area contributed by atoms with Gasteiger partial charge >= 0.3 is 0 Å². The Labute approximate surface area is 132 Å². The molecule has 0 unspecified atom stereocenters. The van der Waals surface area contributed by atoms with Crippen LogP contribution in [0.15, 0.2) is 23.1 Å². The van der Waals surface area contributed by atoms with Crippen molar-refractivity contribution in [3.8, 4) is 0 Å². The van der Waals surface area contributed by atoms with Gasteiger partial charge in [-0.1, -0.05) is 17.7 Å². The molecule has 0 aromatic heterocycles. The van der Waals surface area contributed by atoms with Gasteiger partial charge in [-0.3, -0.25) is 0 Å². The van der Waals surface area contributed by atoms with Gasteiger partial charge in [-0.05, 0) is 51.8 Å². The summed E-state index contributed by atoms with van der Waals surface area (Å²) in [6, 6.07) is 5.09. The third kappa shape index (κ3) is 5.23. The topological polar surface area (TPSA) is 52.7 Å². The summed E-state index contributed by atoms with van der Waals surface area (Å²) in [6.07, 6.45) is 0.774. The largest absolute Gasteiger partial charge is 0.316 e. The number of nitrogens with one attached hydrogen (secondary N) is 1. The second-order valence-corrected chi connectivity index (χ2v) is 7.70. The van der Waals surface area contributed by atoms with Crippen LogP contribution in [0.3, 0.4) is 0 Å². The van der Waals surface area contributed by atoms with Crippen LogP contribution in [-0.2, 0) is 16.6 Å². The smallest absolute Gasteiger partial charge is 0.244 e. The highest BCUT2D eigenvalue weighted by molar-refractivity contribution is 7.89. The van der Waals surface area contributed by atoms with Gasteiger partial charge in [0.25, 0.3) is 0 Å². The fraction of sp³-hybridized carbons (Fsp3) is 0.571. The van der Waals surface area contributed by atoms with Gasteiger partial charge in [-0.2, -0.15) is 0 Å². The highest BCUT2D eigenvalue weighted by Crippen LogP contribution is 2.25. The quantitative estimate of drug-likeness (QED) is 0.785. The molecular formula is C14H24ClN3O2S. The van der Waals surface area contributed by atoms with Crippen LogP contribution in [0.25, 0.3) is 0 Å². The summed E-state index contributed by atoms with van der Waals surface area (Å²) in [5.74, 6) is 0. The Morgan fingerprint density at radius 2 is 1.86 bits per heavy atom. The molecule has 0 amide bonds. The van der Waals surface area contributed by atoms with Crippen molar-refractivity contribution < 1.29 is 8.42 Å². The molecule has 0 atom stereocenters. The number of hydrogen-bond acceptors (Lipinski definition) is 4. The molecule has 0 aliphatic rings. The third-order valence-electron chi connectivity index (χ3n) is 3.14. The van der Waals surface area contributed by atoms with E-state index in [9.17, 15) is 8.42 Å². The molecule has 0 radical (unpaired) electrons. The Balaban J connectivity index is 2.93. The molecular weight excluding hydrogens is 310 g/mol. The average Bonchev–Trinajstić information content (AvgIpc) is 2.40. The molecule has 120 valence electrons. The summed E-state index contributed by atoms with van der Waals surface area (Å²) < 4.78 is 26.5. The molecule has 0 saturated heterocycles. The van der Waals surface area contributed by atoms with Crippen LogP contribution in [0.2, 0.25) is 5.02 Å². The second-order valence-electron chi connectivity index (χ2n) is 5.28. The Bertz CT molecular complexity index is 561. The molecule has 1 rings (SSSR count). The maximum absolute atomic E-state index is 12.6. The normalized spacial score (nSPS) is 12.3. The lowest BCUT2D eigenvalue weighted by Crippen LogP contribution is -2.30. The van der Waals surface area contributed by atoms with Crippen LogP contribution in [0.4, 0.5) is 0 Å². The molecule has 5 nitrogen and oxygen atoms in total. The predicted octanol–water partition coefficient (Wildman–Crippen LogP) is 1.63. The minimum absolute atomic E-state index is 0.171. The third-order valence-corrected chi connectivity index (χ3v) is 5.48. The number of rotatable bonds is 8. The van der Waals surface area contributed by atoms with Crippen LogP contribution in [0.1, 0.15) is 12.0 Å². The fourth-order valence-corrected chi connectivity index (χ4v) is 3.69. The minimum atomic E-state index is -3.55. The van der Waals surface area contributed by atoms with E-state index in [1.54, 1.807) is 19.2 Å². The van der Waals surface area contributed by atoms with Gasteiger partial charge in [-0.25, -0.2) is 12.7 Å². The molecule has 21 heavy (non-hydrogen) atoms. The van der Waals surface area contributed by atoms with Gasteiger partial charge in [0.1, 0.15) is 4.90 Å². The monoisotopic (exact) mass is 333 g/mol. The predicted molar refractivity (Wildman–Crippen MR) is 87.2 cm³/mol. The molecule has 0 spiro atoms. The van der Waals surface area contributed by atoms with E-state index in [0.717, 1.165) is 18.5 Å². The first-order valence-corrected chi connectivity index (χ1v) is 8.65. The van der Waals surface area contributed by atoms with E-state index in [-0.39, 0.29) is 9.92 Å². The van der Waals surface area contributed by atoms with Crippen molar-refractivity contribution in [2.24, 2.45) is 0 Å². The molecule has 1 N–H and O–H groups in total. The molecule has 0 bridgehead atoms. The van der Waals surface area contributed by atoms with Crippen molar-refractivity contribution in [1.82, 2.24) is 14.5 Å². The Morgan fingerprint density at radius 3 is 2.43 bits per heavy atom. The van der Waals surface area contributed by atoms with Gasteiger partial charge < -0.3 is 10.2 Å². The van der Waals surface area contributed by atoms with Crippen LogP contribution >= 0.6 is 11.6 Å². The van der Waals surface area contributed by atoms with Crippen molar-refractivity contribution in [2.75, 3.05) is 41.3 Å². The number of benzene rings is 1. The highest BCUT2D eigenvalue weighted by Gasteiger charge is 2.23. The summed E-state index contributed by atoms with van der Waals surface area (Å²) in [5.41, 5.74) is 0.891. The van der Waals surface area contributed by atoms with E-state index in [4.69, 9.17) is 11.6 Å². The molecule has 0 aliphatic heterocycles. The molecule has 0 heterocycles. The lowest BCUT2D eigenvalue weighted by Gasteiger charge is -2.19. The van der Waals surface area contributed by atoms with Gasteiger partial charge in [0.2, 0.25) is 10.0 Å². The number of sulfonamides is 1. The first-order valence-electron chi connectivity index (χ1n) is 6.83. The van der Waals surface area contributed by atoms with Gasteiger partial charge in [0.15, 0.2) is 0 Å². The van der Waals surface area contributed by atoms with Gasteiger partial charge in [0.05, 0.1) is 5.02 Å². The lowest BCUT2D eigenvalue weighted by atomic mass is 10.2. The SMILES string of the molecule is CNCc1ccc(Cl)c(S(=O)(=O)N(C)CCCN(C)C)c1. The van der Waals surface area contributed by atoms with Crippen molar-refractivity contribution in [2.45, 2.75) is 17.9 Å². The Morgan fingerprint density at radius 1 is 1.19 bits per heavy atom. The summed E-state index contributed by atoms with van der Waals surface area (Å²) in [4.78, 5) is 2.20. The molecule has 0 aliphatic carbocycles. The molecule has 0 saturated carbocycles. The molecule has 1 aromatic carbocycles. The molecule has 1 aromatic rings. The first kappa shape index (κ1) is 18.4. The zero-order valence-corrected chi connectivity index (χ0v) is 14.6. The van der Waals surface area contributed by atoms with E-state index in [1.807, 2.05) is 32.1 Å². The Kier molecular flexibility index (Phi) is 7.09. The fourth-order valence-electron chi connectivity index (χ4n) is 1.96. The number of nitrogens with zero attached hydrogens (tertiary/aromatic N) is 2.